The predicted octanol–water partition coefficient (Wildman–Crippen LogP) is -0.898. The van der Waals surface area contributed by atoms with Gasteiger partial charge in [0.1, 0.15) is 6.04 Å². The highest BCUT2D eigenvalue weighted by Crippen LogP contribution is 2.02. The standard InChI is InChI=1S/C10H18N2O5/c1-4-17-10(16)6(11)8(13)12-7(5(2)3)9(14)15/h5-7H,4,11H2,1-3H3,(H,12,13)(H,14,15). The number of esters is 1. The number of hydrogen-bond donors (Lipinski definition) is 3. The van der Waals surface area contributed by atoms with Gasteiger partial charge in [-0.2, -0.15) is 0 Å². The van der Waals surface area contributed by atoms with Crippen molar-refractivity contribution >= 4 is 17.8 Å². The zero-order chi connectivity index (χ0) is 13.6. The molecule has 0 aromatic carbocycles. The topological polar surface area (TPSA) is 119 Å². The van der Waals surface area contributed by atoms with Gasteiger partial charge in [0.15, 0.2) is 6.04 Å². The summed E-state index contributed by atoms with van der Waals surface area (Å²) >= 11 is 0. The Morgan fingerprint density at radius 2 is 1.88 bits per heavy atom. The maximum atomic E-state index is 11.5. The van der Waals surface area contributed by atoms with Crippen LogP contribution in [0.25, 0.3) is 0 Å². The fourth-order valence-electron chi connectivity index (χ4n) is 1.10. The Kier molecular flexibility index (Phi) is 6.19. The molecule has 17 heavy (non-hydrogen) atoms. The maximum Gasteiger partial charge on any atom is 0.332 e. The molecule has 4 N–H and O–H groups in total. The van der Waals surface area contributed by atoms with Crippen LogP contribution in [-0.2, 0) is 19.1 Å². The molecule has 2 unspecified atom stereocenters. The van der Waals surface area contributed by atoms with E-state index in [-0.39, 0.29) is 12.5 Å². The number of nitrogens with two attached hydrogens (primary N) is 1. The summed E-state index contributed by atoms with van der Waals surface area (Å²) < 4.78 is 4.56. The second kappa shape index (κ2) is 6.85. The van der Waals surface area contributed by atoms with Gasteiger partial charge >= 0.3 is 11.9 Å². The number of amides is 1. The van der Waals surface area contributed by atoms with Gasteiger partial charge in [0.05, 0.1) is 6.61 Å². The Bertz CT molecular complexity index is 303. The molecule has 1 amide bonds. The van der Waals surface area contributed by atoms with Gasteiger partial charge in [-0.3, -0.25) is 4.79 Å². The summed E-state index contributed by atoms with van der Waals surface area (Å²) in [5.41, 5.74) is 5.32. The molecule has 0 bridgehead atoms. The van der Waals surface area contributed by atoms with Gasteiger partial charge in [0.2, 0.25) is 5.91 Å². The summed E-state index contributed by atoms with van der Waals surface area (Å²) in [7, 11) is 0. The van der Waals surface area contributed by atoms with E-state index in [0.717, 1.165) is 0 Å². The molecule has 0 aliphatic rings. The molecule has 0 spiro atoms. The van der Waals surface area contributed by atoms with Gasteiger partial charge in [0, 0.05) is 0 Å². The van der Waals surface area contributed by atoms with Gasteiger partial charge in [0.25, 0.3) is 0 Å². The largest absolute Gasteiger partial charge is 0.480 e. The Balaban J connectivity index is 4.51. The minimum absolute atomic E-state index is 0.104. The predicted molar refractivity (Wildman–Crippen MR) is 59.0 cm³/mol. The van der Waals surface area contributed by atoms with E-state index in [1.165, 1.54) is 0 Å². The van der Waals surface area contributed by atoms with Crippen LogP contribution in [0, 0.1) is 5.92 Å². The van der Waals surface area contributed by atoms with Crippen molar-refractivity contribution in [1.82, 2.24) is 5.32 Å². The molecule has 0 saturated heterocycles. The lowest BCUT2D eigenvalue weighted by Crippen LogP contribution is -2.53. The van der Waals surface area contributed by atoms with Gasteiger partial charge < -0.3 is 20.9 Å². The average Bonchev–Trinajstić information content (AvgIpc) is 2.23. The van der Waals surface area contributed by atoms with Gasteiger partial charge in [-0.1, -0.05) is 13.8 Å². The number of carbonyl (C=O) groups is 3. The van der Waals surface area contributed by atoms with Crippen molar-refractivity contribution in [3.8, 4) is 0 Å². The molecule has 7 nitrogen and oxygen atoms in total. The Morgan fingerprint density at radius 3 is 2.24 bits per heavy atom. The highest BCUT2D eigenvalue weighted by molar-refractivity contribution is 6.02. The van der Waals surface area contributed by atoms with Gasteiger partial charge in [-0.15, -0.1) is 0 Å². The number of carboxylic acid groups (broad SMARTS) is 1. The molecule has 0 radical (unpaired) electrons. The molecule has 98 valence electrons. The summed E-state index contributed by atoms with van der Waals surface area (Å²) in [6.45, 7) is 4.95. The first kappa shape index (κ1) is 15.4. The lowest BCUT2D eigenvalue weighted by Gasteiger charge is -2.19. The van der Waals surface area contributed by atoms with Crippen LogP contribution in [0.5, 0.6) is 0 Å². The second-order valence-electron chi connectivity index (χ2n) is 3.80. The smallest absolute Gasteiger partial charge is 0.332 e. The quantitative estimate of drug-likeness (QED) is 0.413. The van der Waals surface area contributed by atoms with Crippen molar-refractivity contribution in [2.24, 2.45) is 11.7 Å². The van der Waals surface area contributed by atoms with Gasteiger partial charge in [-0.25, -0.2) is 9.59 Å². The van der Waals surface area contributed by atoms with Crippen LogP contribution < -0.4 is 11.1 Å². The maximum absolute atomic E-state index is 11.5. The molecular formula is C10H18N2O5. The number of hydrogen-bond acceptors (Lipinski definition) is 5. The van der Waals surface area contributed by atoms with Crippen LogP contribution in [0.1, 0.15) is 20.8 Å². The Morgan fingerprint density at radius 1 is 1.35 bits per heavy atom. The molecule has 0 heterocycles. The summed E-state index contributed by atoms with van der Waals surface area (Å²) in [4.78, 5) is 33.5. The van der Waals surface area contributed by atoms with Crippen molar-refractivity contribution in [3.63, 3.8) is 0 Å². The fraction of sp³-hybridized carbons (Fsp3) is 0.700. The van der Waals surface area contributed by atoms with E-state index < -0.39 is 29.9 Å². The number of aliphatic carboxylic acids is 1. The summed E-state index contributed by atoms with van der Waals surface area (Å²) in [6.07, 6.45) is 0. The third-order valence-corrected chi connectivity index (χ3v) is 2.05. The van der Waals surface area contributed by atoms with Crippen molar-refractivity contribution in [3.05, 3.63) is 0 Å². The zero-order valence-electron chi connectivity index (χ0n) is 10.1. The molecule has 0 saturated carbocycles. The molecule has 2 atom stereocenters. The average molecular weight is 246 g/mol. The highest BCUT2D eigenvalue weighted by atomic mass is 16.5. The minimum Gasteiger partial charge on any atom is -0.480 e. The lowest BCUT2D eigenvalue weighted by atomic mass is 10.0. The van der Waals surface area contributed by atoms with E-state index in [4.69, 9.17) is 10.8 Å². The first-order valence-electron chi connectivity index (χ1n) is 5.26. The third-order valence-electron chi connectivity index (χ3n) is 2.05. The van der Waals surface area contributed by atoms with Crippen LogP contribution in [-0.4, -0.2) is 41.6 Å². The second-order valence-corrected chi connectivity index (χ2v) is 3.80. The summed E-state index contributed by atoms with van der Waals surface area (Å²) in [6, 6.07) is -2.58. The lowest BCUT2D eigenvalue weighted by molar-refractivity contribution is -0.150. The van der Waals surface area contributed by atoms with Crippen molar-refractivity contribution in [2.45, 2.75) is 32.9 Å². The van der Waals surface area contributed by atoms with Crippen molar-refractivity contribution < 1.29 is 24.2 Å². The zero-order valence-corrected chi connectivity index (χ0v) is 10.1. The molecule has 0 aromatic rings. The van der Waals surface area contributed by atoms with Crippen LogP contribution >= 0.6 is 0 Å². The van der Waals surface area contributed by atoms with Crippen molar-refractivity contribution in [2.75, 3.05) is 6.61 Å². The third kappa shape index (κ3) is 4.81. The first-order chi connectivity index (χ1) is 7.81. The normalized spacial score (nSPS) is 13.9. The molecule has 0 aliphatic heterocycles. The van der Waals surface area contributed by atoms with Crippen LogP contribution in [0.3, 0.4) is 0 Å². The van der Waals surface area contributed by atoms with Crippen molar-refractivity contribution in [1.29, 1.82) is 0 Å². The van der Waals surface area contributed by atoms with Crippen LogP contribution in [0.2, 0.25) is 0 Å². The van der Waals surface area contributed by atoms with Gasteiger partial charge in [-0.05, 0) is 12.8 Å². The first-order valence-corrected chi connectivity index (χ1v) is 5.26. The highest BCUT2D eigenvalue weighted by Gasteiger charge is 2.29. The van der Waals surface area contributed by atoms with E-state index in [1.807, 2.05) is 0 Å². The van der Waals surface area contributed by atoms with E-state index in [0.29, 0.717) is 0 Å². The number of carbonyl (C=O) groups excluding carboxylic acids is 2. The van der Waals surface area contributed by atoms with E-state index in [9.17, 15) is 14.4 Å². The Labute approximate surface area is 99.3 Å². The molecule has 0 aliphatic carbocycles. The molecule has 7 heteroatoms. The fourth-order valence-corrected chi connectivity index (χ4v) is 1.10. The number of nitrogens with one attached hydrogen (secondary N) is 1. The Hall–Kier alpha value is -1.63. The number of ether oxygens (including phenoxy) is 1. The van der Waals surface area contributed by atoms with E-state index >= 15 is 0 Å². The summed E-state index contributed by atoms with van der Waals surface area (Å²) in [5, 5.41) is 11.0. The summed E-state index contributed by atoms with van der Waals surface area (Å²) in [5.74, 6) is -3.22. The molecule has 0 fully saturated rings. The number of carboxylic acids is 1. The minimum atomic E-state index is -1.50. The van der Waals surface area contributed by atoms with Crippen LogP contribution in [0.4, 0.5) is 0 Å². The SMILES string of the molecule is CCOC(=O)C(N)C(=O)NC(C(=O)O)C(C)C. The van der Waals surface area contributed by atoms with E-state index in [2.05, 4.69) is 10.1 Å². The number of rotatable bonds is 6. The molecule has 0 aromatic heterocycles. The molecular weight excluding hydrogens is 228 g/mol. The van der Waals surface area contributed by atoms with Crippen LogP contribution in [0.15, 0.2) is 0 Å². The van der Waals surface area contributed by atoms with E-state index in [1.54, 1.807) is 20.8 Å². The molecule has 0 rings (SSSR count). The monoisotopic (exact) mass is 246 g/mol.